The number of ether oxygens (including phenoxy) is 1. The zero-order valence-corrected chi connectivity index (χ0v) is 16.8. The summed E-state index contributed by atoms with van der Waals surface area (Å²) in [4.78, 5) is 28.7. The molecule has 1 amide bonds. The Kier molecular flexibility index (Phi) is 6.36. The van der Waals surface area contributed by atoms with Gasteiger partial charge in [0.2, 0.25) is 0 Å². The van der Waals surface area contributed by atoms with E-state index in [0.717, 1.165) is 40.2 Å². The first-order valence-corrected chi connectivity index (χ1v) is 10.5. The Bertz CT molecular complexity index is 910. The molecular formula is C20H20N2O3S2. The molecule has 0 unspecified atom stereocenters. The van der Waals surface area contributed by atoms with Gasteiger partial charge in [0.05, 0.1) is 0 Å². The van der Waals surface area contributed by atoms with Crippen molar-refractivity contribution in [3.63, 3.8) is 0 Å². The third kappa shape index (κ3) is 4.61. The molecule has 0 aliphatic heterocycles. The monoisotopic (exact) mass is 400 g/mol. The molecule has 5 nitrogen and oxygen atoms in total. The van der Waals surface area contributed by atoms with Crippen molar-refractivity contribution in [1.29, 1.82) is 0 Å². The molecule has 1 aromatic carbocycles. The molecule has 3 aromatic rings. The van der Waals surface area contributed by atoms with Gasteiger partial charge in [-0.25, -0.2) is 9.78 Å². The lowest BCUT2D eigenvalue weighted by Crippen LogP contribution is -2.22. The number of benzene rings is 1. The van der Waals surface area contributed by atoms with Gasteiger partial charge < -0.3 is 10.1 Å². The highest BCUT2D eigenvalue weighted by Crippen LogP contribution is 2.26. The molecule has 0 saturated carbocycles. The second-order valence-corrected chi connectivity index (χ2v) is 7.47. The predicted octanol–water partition coefficient (Wildman–Crippen LogP) is 4.79. The molecule has 0 aliphatic rings. The number of thiazole rings is 1. The van der Waals surface area contributed by atoms with E-state index in [0.29, 0.717) is 0 Å². The van der Waals surface area contributed by atoms with Crippen molar-refractivity contribution in [2.24, 2.45) is 0 Å². The normalized spacial score (nSPS) is 10.6. The van der Waals surface area contributed by atoms with Gasteiger partial charge in [-0.15, -0.1) is 11.3 Å². The van der Waals surface area contributed by atoms with Crippen LogP contribution in [0.2, 0.25) is 0 Å². The molecule has 0 bridgehead atoms. The third-order valence-corrected chi connectivity index (χ3v) is 5.65. The Morgan fingerprint density at radius 2 is 1.85 bits per heavy atom. The van der Waals surface area contributed by atoms with E-state index in [1.807, 2.05) is 48.9 Å². The lowest BCUT2D eigenvalue weighted by Gasteiger charge is -2.14. The average Bonchev–Trinajstić information content (AvgIpc) is 3.37. The minimum absolute atomic E-state index is 0.220. The number of hydrogen-bond donors (Lipinski definition) is 1. The van der Waals surface area contributed by atoms with Crippen LogP contribution in [-0.4, -0.2) is 23.5 Å². The number of hydrogen-bond acceptors (Lipinski definition) is 6. The first kappa shape index (κ1) is 19.3. The van der Waals surface area contributed by atoms with Crippen molar-refractivity contribution in [2.45, 2.75) is 26.7 Å². The summed E-state index contributed by atoms with van der Waals surface area (Å²) >= 11 is 2.95. The quantitative estimate of drug-likeness (QED) is 0.579. The number of thiophene rings is 1. The van der Waals surface area contributed by atoms with E-state index in [2.05, 4.69) is 10.3 Å². The van der Waals surface area contributed by atoms with Crippen molar-refractivity contribution in [2.75, 3.05) is 11.9 Å². The lowest BCUT2D eigenvalue weighted by atomic mass is 10.0. The SMILES string of the molecule is CCc1cccc(CC)c1NC(=O)COC(=O)c1csc(-c2ccsc2)n1. The molecule has 1 N–H and O–H groups in total. The smallest absolute Gasteiger partial charge is 0.358 e. The van der Waals surface area contributed by atoms with Gasteiger partial charge in [0, 0.05) is 22.0 Å². The van der Waals surface area contributed by atoms with E-state index in [1.54, 1.807) is 16.7 Å². The van der Waals surface area contributed by atoms with Crippen LogP contribution in [0.15, 0.2) is 40.4 Å². The Labute approximate surface area is 166 Å². The largest absolute Gasteiger partial charge is 0.451 e. The maximum Gasteiger partial charge on any atom is 0.358 e. The van der Waals surface area contributed by atoms with Crippen LogP contribution in [0.3, 0.4) is 0 Å². The van der Waals surface area contributed by atoms with Gasteiger partial charge in [-0.05, 0) is 35.4 Å². The fourth-order valence-electron chi connectivity index (χ4n) is 2.67. The van der Waals surface area contributed by atoms with Gasteiger partial charge in [0.1, 0.15) is 5.01 Å². The number of nitrogens with one attached hydrogen (secondary N) is 1. The van der Waals surface area contributed by atoms with E-state index in [1.165, 1.54) is 11.3 Å². The summed E-state index contributed by atoms with van der Waals surface area (Å²) in [6, 6.07) is 7.91. The summed E-state index contributed by atoms with van der Waals surface area (Å²) in [5.41, 5.74) is 4.14. The topological polar surface area (TPSA) is 68.3 Å². The number of para-hydroxylation sites is 1. The highest BCUT2D eigenvalue weighted by molar-refractivity contribution is 7.14. The molecule has 0 saturated heterocycles. The van der Waals surface area contributed by atoms with E-state index in [-0.39, 0.29) is 18.2 Å². The first-order valence-electron chi connectivity index (χ1n) is 8.68. The van der Waals surface area contributed by atoms with E-state index in [4.69, 9.17) is 4.74 Å². The van der Waals surface area contributed by atoms with Gasteiger partial charge in [-0.1, -0.05) is 32.0 Å². The third-order valence-electron chi connectivity index (χ3n) is 4.08. The second kappa shape index (κ2) is 8.92. The van der Waals surface area contributed by atoms with Gasteiger partial charge in [-0.2, -0.15) is 11.3 Å². The van der Waals surface area contributed by atoms with Crippen molar-refractivity contribution in [3.8, 4) is 10.6 Å². The molecule has 2 heterocycles. The Hall–Kier alpha value is -2.51. The number of carbonyl (C=O) groups is 2. The Balaban J connectivity index is 1.60. The van der Waals surface area contributed by atoms with Gasteiger partial charge in [-0.3, -0.25) is 4.79 Å². The highest BCUT2D eigenvalue weighted by atomic mass is 32.1. The fourth-order valence-corrected chi connectivity index (χ4v) is 4.17. The number of carbonyl (C=O) groups excluding carboxylic acids is 2. The standard InChI is InChI=1S/C20H20N2O3S2/c1-3-13-6-5-7-14(4-2)18(13)22-17(23)10-25-20(24)16-12-27-19(21-16)15-8-9-26-11-15/h5-9,11-12H,3-4,10H2,1-2H3,(H,22,23). The summed E-state index contributed by atoms with van der Waals surface area (Å²) in [5, 5.41) is 9.22. The number of aromatic nitrogens is 1. The molecule has 3 rings (SSSR count). The van der Waals surface area contributed by atoms with E-state index >= 15 is 0 Å². The summed E-state index contributed by atoms with van der Waals surface area (Å²) in [6.07, 6.45) is 1.63. The summed E-state index contributed by atoms with van der Waals surface area (Å²) in [7, 11) is 0. The second-order valence-electron chi connectivity index (χ2n) is 5.83. The van der Waals surface area contributed by atoms with Crippen LogP contribution in [-0.2, 0) is 22.4 Å². The molecule has 27 heavy (non-hydrogen) atoms. The van der Waals surface area contributed by atoms with Crippen molar-refractivity contribution in [1.82, 2.24) is 4.98 Å². The number of anilines is 1. The fraction of sp³-hybridized carbons (Fsp3) is 0.250. The maximum atomic E-state index is 12.3. The molecule has 0 atom stereocenters. The van der Waals surface area contributed by atoms with Crippen LogP contribution in [0.1, 0.15) is 35.5 Å². The lowest BCUT2D eigenvalue weighted by molar-refractivity contribution is -0.119. The maximum absolute atomic E-state index is 12.3. The van der Waals surface area contributed by atoms with E-state index < -0.39 is 5.97 Å². The highest BCUT2D eigenvalue weighted by Gasteiger charge is 2.16. The summed E-state index contributed by atoms with van der Waals surface area (Å²) in [6.45, 7) is 3.74. The van der Waals surface area contributed by atoms with Crippen molar-refractivity contribution >= 4 is 40.2 Å². The molecule has 0 aliphatic carbocycles. The molecule has 140 valence electrons. The number of amides is 1. The number of nitrogens with zero attached hydrogens (tertiary/aromatic N) is 1. The summed E-state index contributed by atoms with van der Waals surface area (Å²) < 4.78 is 5.14. The van der Waals surface area contributed by atoms with Crippen LogP contribution in [0.4, 0.5) is 5.69 Å². The Morgan fingerprint density at radius 3 is 2.48 bits per heavy atom. The van der Waals surface area contributed by atoms with Crippen molar-refractivity contribution in [3.05, 3.63) is 57.2 Å². The van der Waals surface area contributed by atoms with Crippen molar-refractivity contribution < 1.29 is 14.3 Å². The Morgan fingerprint density at radius 1 is 1.11 bits per heavy atom. The predicted molar refractivity (Wildman–Crippen MR) is 110 cm³/mol. The molecular weight excluding hydrogens is 380 g/mol. The van der Waals surface area contributed by atoms with Crippen LogP contribution in [0, 0.1) is 0 Å². The minimum atomic E-state index is -0.595. The molecule has 0 fully saturated rings. The molecule has 0 radical (unpaired) electrons. The zero-order chi connectivity index (χ0) is 19.2. The number of rotatable bonds is 7. The molecule has 2 aromatic heterocycles. The molecule has 0 spiro atoms. The number of esters is 1. The number of aryl methyl sites for hydroxylation is 2. The zero-order valence-electron chi connectivity index (χ0n) is 15.2. The van der Waals surface area contributed by atoms with Crippen LogP contribution < -0.4 is 5.32 Å². The summed E-state index contributed by atoms with van der Waals surface area (Å²) in [5.74, 6) is -0.949. The van der Waals surface area contributed by atoms with Crippen LogP contribution in [0.5, 0.6) is 0 Å². The molecule has 7 heteroatoms. The average molecular weight is 401 g/mol. The first-order chi connectivity index (χ1) is 13.1. The van der Waals surface area contributed by atoms with Gasteiger partial charge in [0.15, 0.2) is 12.3 Å². The van der Waals surface area contributed by atoms with E-state index in [9.17, 15) is 9.59 Å². The van der Waals surface area contributed by atoms with Gasteiger partial charge >= 0.3 is 5.97 Å². The van der Waals surface area contributed by atoms with Gasteiger partial charge in [0.25, 0.3) is 5.91 Å². The van der Waals surface area contributed by atoms with Crippen LogP contribution >= 0.6 is 22.7 Å². The minimum Gasteiger partial charge on any atom is -0.451 e. The van der Waals surface area contributed by atoms with Crippen LogP contribution in [0.25, 0.3) is 10.6 Å².